The molecule has 2 heterocycles. The molecule has 0 spiro atoms. The summed E-state index contributed by atoms with van der Waals surface area (Å²) >= 11 is 6.38. The van der Waals surface area contributed by atoms with E-state index in [4.69, 9.17) is 11.6 Å². The van der Waals surface area contributed by atoms with E-state index in [2.05, 4.69) is 15.3 Å². The summed E-state index contributed by atoms with van der Waals surface area (Å²) in [5, 5.41) is 4.58. The van der Waals surface area contributed by atoms with Crippen LogP contribution in [0, 0.1) is 11.8 Å². The second-order valence-corrected chi connectivity index (χ2v) is 7.77. The van der Waals surface area contributed by atoms with E-state index in [0.29, 0.717) is 38.7 Å². The van der Waals surface area contributed by atoms with E-state index in [1.165, 1.54) is 18.5 Å². The monoisotopic (exact) mass is 401 g/mol. The van der Waals surface area contributed by atoms with Crippen molar-refractivity contribution in [3.63, 3.8) is 0 Å². The Kier molecular flexibility index (Phi) is 4.54. The van der Waals surface area contributed by atoms with Crippen LogP contribution in [0.15, 0.2) is 42.9 Å². The number of halogens is 3. The smallest absolute Gasteiger partial charge is 0.271 e. The summed E-state index contributed by atoms with van der Waals surface area (Å²) in [4.78, 5) is 20.4. The summed E-state index contributed by atoms with van der Waals surface area (Å²) in [6, 6.07) is 6.39. The summed E-state index contributed by atoms with van der Waals surface area (Å²) in [6.07, 6.45) is 5.20. The van der Waals surface area contributed by atoms with Crippen LogP contribution in [0.4, 0.5) is 14.6 Å². The zero-order valence-electron chi connectivity index (χ0n) is 15.3. The van der Waals surface area contributed by atoms with Crippen LogP contribution in [0.2, 0.25) is 5.02 Å². The standard InChI is InChI=1S/C21H18ClF2N3O/c1-11-5-14(11)20(28)27-19-8-13-6-12(7-18(22)16(13)10-26-19)15-9-25-4-3-17(15)21(2,23)24/h3-4,6-11,14H,5H2,1-2H3,(H,26,27,28)/t11-,14-/m0/s1. The molecule has 0 bridgehead atoms. The molecule has 1 aliphatic rings. The summed E-state index contributed by atoms with van der Waals surface area (Å²) in [7, 11) is 0. The molecule has 1 fully saturated rings. The topological polar surface area (TPSA) is 54.9 Å². The van der Waals surface area contributed by atoms with Gasteiger partial charge in [0, 0.05) is 47.9 Å². The van der Waals surface area contributed by atoms with Crippen LogP contribution >= 0.6 is 11.6 Å². The first-order valence-corrected chi connectivity index (χ1v) is 9.34. The Bertz CT molecular complexity index is 1080. The molecule has 4 nitrogen and oxygen atoms in total. The number of pyridine rings is 2. The molecule has 7 heteroatoms. The predicted molar refractivity (Wildman–Crippen MR) is 105 cm³/mol. The maximum absolute atomic E-state index is 14.0. The van der Waals surface area contributed by atoms with Gasteiger partial charge in [-0.1, -0.05) is 18.5 Å². The Morgan fingerprint density at radius 3 is 2.71 bits per heavy atom. The van der Waals surface area contributed by atoms with Crippen LogP contribution in [0.25, 0.3) is 21.9 Å². The third-order valence-corrected chi connectivity index (χ3v) is 5.40. The average molecular weight is 402 g/mol. The number of hydrogen-bond acceptors (Lipinski definition) is 3. The third-order valence-electron chi connectivity index (χ3n) is 5.09. The molecule has 2 aromatic heterocycles. The van der Waals surface area contributed by atoms with Gasteiger partial charge < -0.3 is 5.32 Å². The van der Waals surface area contributed by atoms with Gasteiger partial charge in [0.15, 0.2) is 0 Å². The predicted octanol–water partition coefficient (Wildman–Crippen LogP) is 5.66. The third kappa shape index (κ3) is 3.56. The van der Waals surface area contributed by atoms with Gasteiger partial charge in [-0.3, -0.25) is 9.78 Å². The number of nitrogens with one attached hydrogen (secondary N) is 1. The van der Waals surface area contributed by atoms with Crippen molar-refractivity contribution in [2.45, 2.75) is 26.2 Å². The van der Waals surface area contributed by atoms with Crippen molar-refractivity contribution in [3.05, 3.63) is 53.4 Å². The van der Waals surface area contributed by atoms with Crippen LogP contribution in [-0.4, -0.2) is 15.9 Å². The Balaban J connectivity index is 1.76. The Hall–Kier alpha value is -2.60. The summed E-state index contributed by atoms with van der Waals surface area (Å²) in [5.74, 6) is -2.24. The molecule has 28 heavy (non-hydrogen) atoms. The molecule has 4 rings (SSSR count). The molecule has 0 radical (unpaired) electrons. The second kappa shape index (κ2) is 6.78. The van der Waals surface area contributed by atoms with Crippen molar-refractivity contribution in [2.75, 3.05) is 5.32 Å². The number of rotatable bonds is 4. The number of alkyl halides is 2. The Labute approximate surface area is 166 Å². The van der Waals surface area contributed by atoms with Gasteiger partial charge in [-0.25, -0.2) is 13.8 Å². The lowest BCUT2D eigenvalue weighted by molar-refractivity contribution is -0.117. The first-order valence-electron chi connectivity index (χ1n) is 8.97. The zero-order chi connectivity index (χ0) is 20.1. The van der Waals surface area contributed by atoms with Gasteiger partial charge in [-0.15, -0.1) is 0 Å². The summed E-state index contributed by atoms with van der Waals surface area (Å²) in [5.41, 5.74) is 0.720. The van der Waals surface area contributed by atoms with E-state index in [0.717, 1.165) is 13.3 Å². The molecule has 0 unspecified atom stereocenters. The van der Waals surface area contributed by atoms with E-state index in [9.17, 15) is 13.6 Å². The largest absolute Gasteiger partial charge is 0.310 e. The number of aromatic nitrogens is 2. The van der Waals surface area contributed by atoms with Crippen molar-refractivity contribution in [1.29, 1.82) is 0 Å². The number of nitrogens with zero attached hydrogens (tertiary/aromatic N) is 2. The fourth-order valence-electron chi connectivity index (χ4n) is 3.35. The van der Waals surface area contributed by atoms with Gasteiger partial charge in [0.25, 0.3) is 5.92 Å². The van der Waals surface area contributed by atoms with Crippen molar-refractivity contribution in [2.24, 2.45) is 11.8 Å². The van der Waals surface area contributed by atoms with Gasteiger partial charge in [-0.05, 0) is 47.6 Å². The number of carbonyl (C=O) groups is 1. The van der Waals surface area contributed by atoms with Crippen LogP contribution in [0.3, 0.4) is 0 Å². The first kappa shape index (κ1) is 18.7. The number of hydrogen-bond donors (Lipinski definition) is 1. The average Bonchev–Trinajstić information content (AvgIpc) is 3.37. The van der Waals surface area contributed by atoms with Crippen LogP contribution in [0.1, 0.15) is 25.8 Å². The molecule has 1 saturated carbocycles. The number of carbonyl (C=O) groups excluding carboxylic acids is 1. The molecular formula is C21H18ClF2N3O. The maximum Gasteiger partial charge on any atom is 0.271 e. The van der Waals surface area contributed by atoms with Crippen LogP contribution in [-0.2, 0) is 10.7 Å². The Morgan fingerprint density at radius 2 is 2.04 bits per heavy atom. The fourth-order valence-corrected chi connectivity index (χ4v) is 3.63. The van der Waals surface area contributed by atoms with Crippen molar-refractivity contribution < 1.29 is 13.6 Å². The highest BCUT2D eigenvalue weighted by Crippen LogP contribution is 2.39. The van der Waals surface area contributed by atoms with E-state index in [-0.39, 0.29) is 17.4 Å². The van der Waals surface area contributed by atoms with Crippen molar-refractivity contribution in [3.8, 4) is 11.1 Å². The number of anilines is 1. The minimum atomic E-state index is -3.02. The fraction of sp³-hybridized carbons (Fsp3) is 0.286. The minimum absolute atomic E-state index is 0.0251. The highest BCUT2D eigenvalue weighted by molar-refractivity contribution is 6.36. The number of amides is 1. The summed E-state index contributed by atoms with van der Waals surface area (Å²) in [6.45, 7) is 2.88. The lowest BCUT2D eigenvalue weighted by Crippen LogP contribution is -2.15. The van der Waals surface area contributed by atoms with E-state index in [1.807, 2.05) is 6.92 Å². The highest BCUT2D eigenvalue weighted by atomic mass is 35.5. The van der Waals surface area contributed by atoms with Gasteiger partial charge in [-0.2, -0.15) is 0 Å². The van der Waals surface area contributed by atoms with Gasteiger partial charge in [0.05, 0.1) is 5.02 Å². The lowest BCUT2D eigenvalue weighted by atomic mass is 9.96. The van der Waals surface area contributed by atoms with E-state index >= 15 is 0 Å². The maximum atomic E-state index is 14.0. The highest BCUT2D eigenvalue weighted by Gasteiger charge is 2.39. The number of fused-ring (bicyclic) bond motifs is 1. The first-order chi connectivity index (χ1) is 13.2. The zero-order valence-corrected chi connectivity index (χ0v) is 16.1. The van der Waals surface area contributed by atoms with Crippen molar-refractivity contribution in [1.82, 2.24) is 9.97 Å². The molecule has 1 aromatic carbocycles. The molecule has 0 aliphatic heterocycles. The molecular weight excluding hydrogens is 384 g/mol. The van der Waals surface area contributed by atoms with Gasteiger partial charge >= 0.3 is 0 Å². The Morgan fingerprint density at radius 1 is 1.29 bits per heavy atom. The molecule has 2 atom stereocenters. The van der Waals surface area contributed by atoms with Crippen LogP contribution < -0.4 is 5.32 Å². The quantitative estimate of drug-likeness (QED) is 0.614. The second-order valence-electron chi connectivity index (χ2n) is 7.37. The van der Waals surface area contributed by atoms with E-state index in [1.54, 1.807) is 24.4 Å². The van der Waals surface area contributed by atoms with Crippen molar-refractivity contribution >= 4 is 34.1 Å². The molecule has 144 valence electrons. The van der Waals surface area contributed by atoms with Gasteiger partial charge in [0.2, 0.25) is 5.91 Å². The van der Waals surface area contributed by atoms with Gasteiger partial charge in [0.1, 0.15) is 5.82 Å². The molecule has 1 amide bonds. The van der Waals surface area contributed by atoms with Crippen LogP contribution in [0.5, 0.6) is 0 Å². The number of benzene rings is 1. The molecule has 3 aromatic rings. The van der Waals surface area contributed by atoms with E-state index < -0.39 is 5.92 Å². The lowest BCUT2D eigenvalue weighted by Gasteiger charge is -2.16. The summed E-state index contributed by atoms with van der Waals surface area (Å²) < 4.78 is 28.0. The molecule has 0 saturated heterocycles. The SMILES string of the molecule is C[C@H]1C[C@@H]1C(=O)Nc1cc2cc(-c3cnccc3C(C)(F)F)cc(Cl)c2cn1. The molecule has 1 N–H and O–H groups in total. The molecule has 1 aliphatic carbocycles. The normalized spacial score (nSPS) is 18.9. The minimum Gasteiger partial charge on any atom is -0.310 e.